The molecule has 1 unspecified atom stereocenters. The Bertz CT molecular complexity index is 1410. The van der Waals surface area contributed by atoms with Crippen molar-refractivity contribution in [3.8, 4) is 16.5 Å². The SMILES string of the molecule is N#C/C(=C\c1ccc(-c2ccc3cc(N4CCCCC4)ccc3c2)s1)C(=O)NC[C@H]1OC(O)[C@H](O)[C@@H](O)[C@@H]1O. The van der Waals surface area contributed by atoms with Crippen LogP contribution in [0.15, 0.2) is 54.1 Å². The van der Waals surface area contributed by atoms with Crippen LogP contribution in [0.5, 0.6) is 0 Å². The maximum absolute atomic E-state index is 12.6. The Kier molecular flexibility index (Phi) is 8.28. The number of aliphatic hydroxyl groups is 4. The molecule has 0 saturated carbocycles. The molecule has 1 amide bonds. The van der Waals surface area contributed by atoms with Crippen molar-refractivity contribution in [1.29, 1.82) is 5.26 Å². The predicted octanol–water partition coefficient (Wildman–Crippen LogP) is 2.38. The van der Waals surface area contributed by atoms with Gasteiger partial charge in [-0.25, -0.2) is 0 Å². The Labute approximate surface area is 230 Å². The largest absolute Gasteiger partial charge is 0.388 e. The fourth-order valence-corrected chi connectivity index (χ4v) is 5.95. The van der Waals surface area contributed by atoms with Gasteiger partial charge in [0.1, 0.15) is 36.1 Å². The van der Waals surface area contributed by atoms with E-state index in [1.165, 1.54) is 47.7 Å². The van der Waals surface area contributed by atoms with E-state index in [0.717, 1.165) is 33.8 Å². The highest BCUT2D eigenvalue weighted by molar-refractivity contribution is 7.16. The summed E-state index contributed by atoms with van der Waals surface area (Å²) in [6, 6.07) is 18.6. The minimum Gasteiger partial charge on any atom is -0.388 e. The highest BCUT2D eigenvalue weighted by Gasteiger charge is 2.43. The summed E-state index contributed by atoms with van der Waals surface area (Å²) in [6.07, 6.45) is -2.40. The zero-order valence-electron chi connectivity index (χ0n) is 21.2. The first-order chi connectivity index (χ1) is 18.8. The minimum atomic E-state index is -1.70. The number of amides is 1. The maximum atomic E-state index is 12.6. The number of carbonyl (C=O) groups excluding carboxylic acids is 1. The van der Waals surface area contributed by atoms with Gasteiger partial charge in [-0.15, -0.1) is 11.3 Å². The van der Waals surface area contributed by atoms with E-state index in [9.17, 15) is 30.5 Å². The van der Waals surface area contributed by atoms with Crippen molar-refractivity contribution >= 4 is 39.8 Å². The van der Waals surface area contributed by atoms with E-state index in [2.05, 4.69) is 46.6 Å². The summed E-state index contributed by atoms with van der Waals surface area (Å²) in [4.78, 5) is 16.8. The summed E-state index contributed by atoms with van der Waals surface area (Å²) in [6.45, 7) is 1.93. The molecule has 0 spiro atoms. The first-order valence-electron chi connectivity index (χ1n) is 13.0. The van der Waals surface area contributed by atoms with Gasteiger partial charge in [0.15, 0.2) is 6.29 Å². The molecule has 0 bridgehead atoms. The number of thiophene rings is 1. The van der Waals surface area contributed by atoms with E-state index in [4.69, 9.17) is 4.74 Å². The summed E-state index contributed by atoms with van der Waals surface area (Å²) in [5.41, 5.74) is 2.16. The normalized spacial score (nSPS) is 25.9. The molecule has 2 aliphatic rings. The molecule has 5 rings (SSSR count). The minimum absolute atomic E-state index is 0.140. The highest BCUT2D eigenvalue weighted by Crippen LogP contribution is 2.33. The van der Waals surface area contributed by atoms with E-state index < -0.39 is 36.6 Å². The number of nitriles is 1. The lowest BCUT2D eigenvalue weighted by molar-refractivity contribution is -0.280. The smallest absolute Gasteiger partial charge is 0.262 e. The van der Waals surface area contributed by atoms with Crippen molar-refractivity contribution in [2.75, 3.05) is 24.5 Å². The van der Waals surface area contributed by atoms with Crippen molar-refractivity contribution < 1.29 is 30.0 Å². The highest BCUT2D eigenvalue weighted by atomic mass is 32.1. The Morgan fingerprint density at radius 1 is 1.00 bits per heavy atom. The van der Waals surface area contributed by atoms with Gasteiger partial charge in [0, 0.05) is 35.1 Å². The van der Waals surface area contributed by atoms with Gasteiger partial charge in [-0.05, 0) is 72.0 Å². The number of anilines is 1. The van der Waals surface area contributed by atoms with Crippen molar-refractivity contribution in [2.45, 2.75) is 50.0 Å². The van der Waals surface area contributed by atoms with Gasteiger partial charge in [-0.3, -0.25) is 4.79 Å². The number of ether oxygens (including phenoxy) is 1. The zero-order chi connectivity index (χ0) is 27.5. The molecule has 1 aromatic heterocycles. The van der Waals surface area contributed by atoms with Crippen molar-refractivity contribution in [3.63, 3.8) is 0 Å². The van der Waals surface area contributed by atoms with E-state index in [0.29, 0.717) is 0 Å². The lowest BCUT2D eigenvalue weighted by Gasteiger charge is -2.38. The Morgan fingerprint density at radius 3 is 2.51 bits per heavy atom. The van der Waals surface area contributed by atoms with Gasteiger partial charge in [0.2, 0.25) is 0 Å². The van der Waals surface area contributed by atoms with E-state index >= 15 is 0 Å². The average molecular weight is 550 g/mol. The van der Waals surface area contributed by atoms with Crippen LogP contribution in [0.25, 0.3) is 27.3 Å². The number of aliphatic hydroxyl groups excluding tert-OH is 4. The molecule has 0 aliphatic carbocycles. The monoisotopic (exact) mass is 549 g/mol. The second-order valence-electron chi connectivity index (χ2n) is 9.91. The van der Waals surface area contributed by atoms with Crippen LogP contribution in [-0.2, 0) is 9.53 Å². The Hall–Kier alpha value is -3.30. The molecule has 2 aliphatic heterocycles. The van der Waals surface area contributed by atoms with Crippen LogP contribution in [0.3, 0.4) is 0 Å². The quantitative estimate of drug-likeness (QED) is 0.233. The molecular weight excluding hydrogens is 518 g/mol. The second kappa shape index (κ2) is 11.8. The molecule has 0 radical (unpaired) electrons. The number of fused-ring (bicyclic) bond motifs is 1. The van der Waals surface area contributed by atoms with Crippen LogP contribution in [0, 0.1) is 11.3 Å². The third-order valence-electron chi connectivity index (χ3n) is 7.26. The van der Waals surface area contributed by atoms with Crippen molar-refractivity contribution in [1.82, 2.24) is 5.32 Å². The number of rotatable bonds is 6. The fourth-order valence-electron chi connectivity index (χ4n) is 5.00. The number of hydrogen-bond donors (Lipinski definition) is 5. The van der Waals surface area contributed by atoms with Crippen molar-refractivity contribution in [2.24, 2.45) is 0 Å². The molecule has 2 fully saturated rings. The van der Waals surface area contributed by atoms with Gasteiger partial charge in [0.25, 0.3) is 5.91 Å². The summed E-state index contributed by atoms with van der Waals surface area (Å²) in [7, 11) is 0. The van der Waals surface area contributed by atoms with Gasteiger partial charge in [-0.2, -0.15) is 5.26 Å². The van der Waals surface area contributed by atoms with E-state index in [-0.39, 0.29) is 12.1 Å². The van der Waals surface area contributed by atoms with Crippen LogP contribution in [-0.4, -0.2) is 76.7 Å². The summed E-state index contributed by atoms with van der Waals surface area (Å²) >= 11 is 1.45. The molecule has 5 N–H and O–H groups in total. The molecular formula is C29H31N3O6S. The molecule has 204 valence electrons. The average Bonchev–Trinajstić information content (AvgIpc) is 3.44. The lowest BCUT2D eigenvalue weighted by Crippen LogP contribution is -2.60. The number of hydrogen-bond acceptors (Lipinski definition) is 9. The molecule has 2 aromatic carbocycles. The standard InChI is InChI=1S/C29H31N3O6S/c30-15-20(28(36)31-16-23-25(33)26(34)27(35)29(37)38-23)14-22-8-9-24(39-22)19-5-4-18-13-21(7-6-17(18)12-19)32-10-2-1-3-11-32/h4-9,12-14,23,25-27,29,33-35,37H,1-3,10-11,16H2,(H,31,36)/b20-14+/t23-,25-,26+,27-,29?/m1/s1. The van der Waals surface area contributed by atoms with Crippen LogP contribution in [0.4, 0.5) is 5.69 Å². The van der Waals surface area contributed by atoms with Gasteiger partial charge in [-0.1, -0.05) is 18.2 Å². The second-order valence-corrected chi connectivity index (χ2v) is 11.0. The molecule has 39 heavy (non-hydrogen) atoms. The lowest BCUT2D eigenvalue weighted by atomic mass is 9.99. The molecule has 9 nitrogen and oxygen atoms in total. The Morgan fingerprint density at radius 2 is 1.74 bits per heavy atom. The van der Waals surface area contributed by atoms with Crippen LogP contribution in [0.1, 0.15) is 24.1 Å². The van der Waals surface area contributed by atoms with E-state index in [1.807, 2.05) is 18.2 Å². The summed E-state index contributed by atoms with van der Waals surface area (Å²) in [5.74, 6) is -0.687. The van der Waals surface area contributed by atoms with Crippen molar-refractivity contribution in [3.05, 3.63) is 59.0 Å². The van der Waals surface area contributed by atoms with Crippen LogP contribution >= 0.6 is 11.3 Å². The predicted molar refractivity (Wildman–Crippen MR) is 149 cm³/mol. The number of piperidine rings is 1. The van der Waals surface area contributed by atoms with Gasteiger partial charge < -0.3 is 35.4 Å². The maximum Gasteiger partial charge on any atom is 0.262 e. The molecule has 5 atom stereocenters. The number of nitrogens with one attached hydrogen (secondary N) is 1. The van der Waals surface area contributed by atoms with Gasteiger partial charge in [0.05, 0.1) is 0 Å². The zero-order valence-corrected chi connectivity index (χ0v) is 22.1. The molecule has 3 heterocycles. The first-order valence-corrected chi connectivity index (χ1v) is 13.8. The van der Waals surface area contributed by atoms with Gasteiger partial charge >= 0.3 is 0 Å². The van der Waals surface area contributed by atoms with Crippen LogP contribution < -0.4 is 10.2 Å². The number of carbonyl (C=O) groups is 1. The number of nitrogens with zero attached hydrogens (tertiary/aromatic N) is 2. The first kappa shape index (κ1) is 27.3. The third-order valence-corrected chi connectivity index (χ3v) is 8.34. The Balaban J connectivity index is 1.26. The number of benzene rings is 2. The topological polar surface area (TPSA) is 146 Å². The molecule has 2 saturated heterocycles. The summed E-state index contributed by atoms with van der Waals surface area (Å²) < 4.78 is 5.06. The third kappa shape index (κ3) is 5.99. The molecule has 3 aromatic rings. The van der Waals surface area contributed by atoms with Crippen LogP contribution in [0.2, 0.25) is 0 Å². The fraction of sp³-hybridized carbons (Fsp3) is 0.379. The molecule has 10 heteroatoms. The van der Waals surface area contributed by atoms with E-state index in [1.54, 1.807) is 0 Å². The summed E-state index contributed by atoms with van der Waals surface area (Å²) in [5, 5.41) is 53.4.